The van der Waals surface area contributed by atoms with Gasteiger partial charge in [-0.2, -0.15) is 5.10 Å². The van der Waals surface area contributed by atoms with E-state index in [1.807, 2.05) is 18.2 Å². The Labute approximate surface area is 116 Å². The van der Waals surface area contributed by atoms with E-state index in [1.165, 1.54) is 0 Å². The number of hydrogen-bond acceptors (Lipinski definition) is 4. The zero-order chi connectivity index (χ0) is 13.9. The number of ether oxygens (including phenoxy) is 2. The Morgan fingerprint density at radius 1 is 1.25 bits per heavy atom. The summed E-state index contributed by atoms with van der Waals surface area (Å²) in [5.41, 5.74) is 2.14. The minimum absolute atomic E-state index is 0.499. The number of fused-ring (bicyclic) bond motifs is 1. The second-order valence-electron chi connectivity index (χ2n) is 4.40. The van der Waals surface area contributed by atoms with Gasteiger partial charge in [0, 0.05) is 5.56 Å². The molecule has 2 heterocycles. The molecule has 2 aromatic rings. The van der Waals surface area contributed by atoms with Crippen LogP contribution in [-0.2, 0) is 6.54 Å². The Morgan fingerprint density at radius 2 is 2.05 bits per heavy atom. The van der Waals surface area contributed by atoms with Crippen LogP contribution in [0.4, 0.5) is 0 Å². The highest BCUT2D eigenvalue weighted by Gasteiger charge is 2.14. The molecular formula is C15H14N2O3. The van der Waals surface area contributed by atoms with Gasteiger partial charge in [0.05, 0.1) is 12.2 Å². The van der Waals surface area contributed by atoms with E-state index in [0.717, 1.165) is 23.3 Å². The minimum Gasteiger partial charge on any atom is -0.486 e. The first-order valence-electron chi connectivity index (χ1n) is 6.36. The van der Waals surface area contributed by atoms with E-state index in [4.69, 9.17) is 9.47 Å². The average molecular weight is 270 g/mol. The molecule has 0 aliphatic carbocycles. The Kier molecular flexibility index (Phi) is 3.25. The molecule has 1 aromatic carbocycles. The van der Waals surface area contributed by atoms with Crippen LogP contribution in [-0.4, -0.2) is 29.3 Å². The van der Waals surface area contributed by atoms with Crippen LogP contribution >= 0.6 is 0 Å². The van der Waals surface area contributed by atoms with Crippen molar-refractivity contribution in [2.45, 2.75) is 6.54 Å². The molecule has 0 unspecified atom stereocenters. The van der Waals surface area contributed by atoms with Crippen LogP contribution in [0.1, 0.15) is 10.5 Å². The summed E-state index contributed by atoms with van der Waals surface area (Å²) in [6.45, 7) is 5.26. The van der Waals surface area contributed by atoms with Crippen molar-refractivity contribution in [3.05, 3.63) is 42.6 Å². The fourth-order valence-corrected chi connectivity index (χ4v) is 2.14. The molecule has 5 nitrogen and oxygen atoms in total. The van der Waals surface area contributed by atoms with Crippen molar-refractivity contribution in [1.82, 2.24) is 9.78 Å². The van der Waals surface area contributed by atoms with Gasteiger partial charge in [-0.3, -0.25) is 9.48 Å². The third-order valence-corrected chi connectivity index (χ3v) is 3.07. The zero-order valence-electron chi connectivity index (χ0n) is 10.9. The van der Waals surface area contributed by atoms with Crippen molar-refractivity contribution in [2.75, 3.05) is 13.2 Å². The lowest BCUT2D eigenvalue weighted by Gasteiger charge is -2.18. The molecule has 0 bridgehead atoms. The highest BCUT2D eigenvalue weighted by Crippen LogP contribution is 2.34. The van der Waals surface area contributed by atoms with Crippen LogP contribution < -0.4 is 9.47 Å². The molecule has 20 heavy (non-hydrogen) atoms. The summed E-state index contributed by atoms with van der Waals surface area (Å²) >= 11 is 0. The second-order valence-corrected chi connectivity index (χ2v) is 4.40. The van der Waals surface area contributed by atoms with Gasteiger partial charge in [0.15, 0.2) is 17.8 Å². The van der Waals surface area contributed by atoms with Crippen molar-refractivity contribution in [1.29, 1.82) is 0 Å². The lowest BCUT2D eigenvalue weighted by Crippen LogP contribution is -2.15. The minimum atomic E-state index is 0.499. The molecule has 0 saturated carbocycles. The van der Waals surface area contributed by atoms with E-state index in [2.05, 4.69) is 11.7 Å². The zero-order valence-corrected chi connectivity index (χ0v) is 10.9. The first kappa shape index (κ1) is 12.5. The molecule has 0 atom stereocenters. The van der Waals surface area contributed by atoms with Crippen LogP contribution in [0.3, 0.4) is 0 Å². The fourth-order valence-electron chi connectivity index (χ4n) is 2.14. The van der Waals surface area contributed by atoms with Crippen molar-refractivity contribution in [3.63, 3.8) is 0 Å². The summed E-state index contributed by atoms with van der Waals surface area (Å²) < 4.78 is 12.7. The summed E-state index contributed by atoms with van der Waals surface area (Å²) in [6.07, 6.45) is 2.49. The lowest BCUT2D eigenvalue weighted by molar-refractivity contribution is 0.111. The first-order valence-corrected chi connectivity index (χ1v) is 6.36. The predicted octanol–water partition coefficient (Wildman–Crippen LogP) is 2.32. The molecule has 0 amide bonds. The molecule has 1 aliphatic rings. The molecule has 1 aromatic heterocycles. The van der Waals surface area contributed by atoms with Gasteiger partial charge in [-0.05, 0) is 24.3 Å². The maximum Gasteiger partial charge on any atom is 0.168 e. The number of aldehydes is 1. The third-order valence-electron chi connectivity index (χ3n) is 3.07. The second kappa shape index (κ2) is 5.21. The lowest BCUT2D eigenvalue weighted by atomic mass is 10.1. The number of carbonyl (C=O) groups excluding carboxylic acids is 1. The van der Waals surface area contributed by atoms with Gasteiger partial charge in [-0.25, -0.2) is 0 Å². The fraction of sp³-hybridized carbons (Fsp3) is 0.200. The molecule has 0 radical (unpaired) electrons. The van der Waals surface area contributed by atoms with E-state index in [1.54, 1.807) is 16.8 Å². The van der Waals surface area contributed by atoms with E-state index >= 15 is 0 Å². The summed E-state index contributed by atoms with van der Waals surface area (Å²) in [5.74, 6) is 1.45. The topological polar surface area (TPSA) is 53.4 Å². The van der Waals surface area contributed by atoms with Gasteiger partial charge in [0.1, 0.15) is 18.9 Å². The Morgan fingerprint density at radius 3 is 2.80 bits per heavy atom. The smallest absolute Gasteiger partial charge is 0.168 e. The summed E-state index contributed by atoms with van der Waals surface area (Å²) in [4.78, 5) is 11.0. The molecule has 0 saturated heterocycles. The standard InChI is InChI=1S/C15H14N2O3/c1-2-5-17-12(10-18)9-13(16-17)11-3-4-14-15(8-11)20-7-6-19-14/h2-4,8-10H,1,5-7H2. The van der Waals surface area contributed by atoms with Gasteiger partial charge < -0.3 is 9.47 Å². The number of aromatic nitrogens is 2. The van der Waals surface area contributed by atoms with Crippen molar-refractivity contribution < 1.29 is 14.3 Å². The Balaban J connectivity index is 2.00. The first-order chi connectivity index (χ1) is 9.81. The normalized spacial score (nSPS) is 13.0. The number of nitrogens with zero attached hydrogens (tertiary/aromatic N) is 2. The highest BCUT2D eigenvalue weighted by molar-refractivity contribution is 5.76. The molecule has 5 heteroatoms. The molecule has 0 fully saturated rings. The highest BCUT2D eigenvalue weighted by atomic mass is 16.6. The van der Waals surface area contributed by atoms with E-state index < -0.39 is 0 Å². The van der Waals surface area contributed by atoms with Crippen molar-refractivity contribution >= 4 is 6.29 Å². The quantitative estimate of drug-likeness (QED) is 0.632. The number of benzene rings is 1. The molecule has 1 aliphatic heterocycles. The third kappa shape index (κ3) is 2.18. The Hall–Kier alpha value is -2.56. The summed E-state index contributed by atoms with van der Waals surface area (Å²) in [7, 11) is 0. The number of allylic oxidation sites excluding steroid dienone is 1. The van der Waals surface area contributed by atoms with Gasteiger partial charge in [-0.1, -0.05) is 6.08 Å². The molecule has 3 rings (SSSR count). The number of rotatable bonds is 4. The van der Waals surface area contributed by atoms with E-state index in [0.29, 0.717) is 31.2 Å². The average Bonchev–Trinajstić information content (AvgIpc) is 2.90. The molecular weight excluding hydrogens is 256 g/mol. The van der Waals surface area contributed by atoms with E-state index in [-0.39, 0.29) is 0 Å². The van der Waals surface area contributed by atoms with Crippen LogP contribution in [0.2, 0.25) is 0 Å². The van der Waals surface area contributed by atoms with Crippen LogP contribution in [0.15, 0.2) is 36.9 Å². The van der Waals surface area contributed by atoms with Crippen LogP contribution in [0.25, 0.3) is 11.3 Å². The van der Waals surface area contributed by atoms with Gasteiger partial charge >= 0.3 is 0 Å². The predicted molar refractivity (Wildman–Crippen MR) is 74.2 cm³/mol. The van der Waals surface area contributed by atoms with Crippen molar-refractivity contribution in [2.24, 2.45) is 0 Å². The maximum absolute atomic E-state index is 11.0. The van der Waals surface area contributed by atoms with E-state index in [9.17, 15) is 4.79 Å². The monoisotopic (exact) mass is 270 g/mol. The molecule has 0 spiro atoms. The molecule has 102 valence electrons. The van der Waals surface area contributed by atoms with Crippen molar-refractivity contribution in [3.8, 4) is 22.8 Å². The molecule has 0 N–H and O–H groups in total. The SMILES string of the molecule is C=CCn1nc(-c2ccc3c(c2)OCCO3)cc1C=O. The van der Waals surface area contributed by atoms with Gasteiger partial charge in [0.25, 0.3) is 0 Å². The van der Waals surface area contributed by atoms with Crippen LogP contribution in [0, 0.1) is 0 Å². The van der Waals surface area contributed by atoms with Gasteiger partial charge in [0.2, 0.25) is 0 Å². The van der Waals surface area contributed by atoms with Crippen LogP contribution in [0.5, 0.6) is 11.5 Å². The summed E-state index contributed by atoms with van der Waals surface area (Å²) in [5, 5.41) is 4.41. The maximum atomic E-state index is 11.0. The largest absolute Gasteiger partial charge is 0.486 e. The van der Waals surface area contributed by atoms with Gasteiger partial charge in [-0.15, -0.1) is 6.58 Å². The number of hydrogen-bond donors (Lipinski definition) is 0. The summed E-state index contributed by atoms with van der Waals surface area (Å²) in [6, 6.07) is 7.39. The number of carbonyl (C=O) groups is 1. The Bertz CT molecular complexity index is 661.